The van der Waals surface area contributed by atoms with Crippen molar-refractivity contribution in [1.82, 2.24) is 15.0 Å². The van der Waals surface area contributed by atoms with Gasteiger partial charge in [-0.3, -0.25) is 0 Å². The summed E-state index contributed by atoms with van der Waals surface area (Å²) < 4.78 is 0. The second-order valence-corrected chi connectivity index (χ2v) is 4.12. The molecule has 0 amide bonds. The van der Waals surface area contributed by atoms with Crippen molar-refractivity contribution in [2.24, 2.45) is 0 Å². The van der Waals surface area contributed by atoms with Crippen LogP contribution in [-0.4, -0.2) is 15.0 Å². The smallest absolute Gasteiger partial charge is 0.137 e. The maximum Gasteiger partial charge on any atom is 0.137 e. The lowest BCUT2D eigenvalue weighted by Gasteiger charge is -2.07. The minimum absolute atomic E-state index is 0.692. The van der Waals surface area contributed by atoms with Gasteiger partial charge in [-0.05, 0) is 24.3 Å². The van der Waals surface area contributed by atoms with Crippen molar-refractivity contribution >= 4 is 23.1 Å². The molecule has 5 nitrogen and oxygen atoms in total. The Hall–Kier alpha value is -2.95. The van der Waals surface area contributed by atoms with E-state index in [0.29, 0.717) is 5.82 Å². The molecule has 2 aromatic heterocycles. The van der Waals surface area contributed by atoms with E-state index >= 15 is 0 Å². The number of nitrogens with zero attached hydrogens (tertiary/aromatic N) is 3. The maximum atomic E-state index is 4.20. The first kappa shape index (κ1) is 12.1. The zero-order chi connectivity index (χ0) is 13.6. The van der Waals surface area contributed by atoms with Crippen LogP contribution < -0.4 is 10.6 Å². The van der Waals surface area contributed by atoms with Crippen molar-refractivity contribution in [3.8, 4) is 0 Å². The van der Waals surface area contributed by atoms with Crippen LogP contribution in [0.15, 0.2) is 67.1 Å². The third-order valence-electron chi connectivity index (χ3n) is 2.63. The van der Waals surface area contributed by atoms with Crippen LogP contribution in [0.1, 0.15) is 0 Å². The number of anilines is 4. The number of nitrogens with one attached hydrogen (secondary N) is 2. The summed E-state index contributed by atoms with van der Waals surface area (Å²) in [4.78, 5) is 12.6. The highest BCUT2D eigenvalue weighted by Gasteiger charge is 2.00. The topological polar surface area (TPSA) is 62.7 Å². The van der Waals surface area contributed by atoms with E-state index in [1.165, 1.54) is 6.33 Å². The molecule has 0 aliphatic heterocycles. The number of benzene rings is 1. The van der Waals surface area contributed by atoms with E-state index in [1.807, 2.05) is 54.6 Å². The molecule has 98 valence electrons. The van der Waals surface area contributed by atoms with E-state index in [0.717, 1.165) is 17.3 Å². The summed E-state index contributed by atoms with van der Waals surface area (Å²) in [7, 11) is 0. The number of hydrogen-bond donors (Lipinski definition) is 2. The maximum absolute atomic E-state index is 4.20. The molecule has 20 heavy (non-hydrogen) atoms. The van der Waals surface area contributed by atoms with Gasteiger partial charge in [0.15, 0.2) is 0 Å². The van der Waals surface area contributed by atoms with E-state index in [9.17, 15) is 0 Å². The standard InChI is InChI=1S/C15H13N5/c1-2-6-12(7-3-1)19-14-10-15(18-11-17-14)20-13-8-4-5-9-16-13/h1-11H,(H2,16,17,18,19,20). The van der Waals surface area contributed by atoms with Crippen molar-refractivity contribution in [3.63, 3.8) is 0 Å². The van der Waals surface area contributed by atoms with Crippen molar-refractivity contribution < 1.29 is 0 Å². The molecule has 0 fully saturated rings. The second kappa shape index (κ2) is 5.79. The van der Waals surface area contributed by atoms with Gasteiger partial charge in [0.2, 0.25) is 0 Å². The molecule has 2 N–H and O–H groups in total. The van der Waals surface area contributed by atoms with Gasteiger partial charge >= 0.3 is 0 Å². The van der Waals surface area contributed by atoms with Gasteiger partial charge in [-0.15, -0.1) is 0 Å². The number of para-hydroxylation sites is 1. The Morgan fingerprint density at radius 1 is 0.650 bits per heavy atom. The van der Waals surface area contributed by atoms with E-state index in [4.69, 9.17) is 0 Å². The lowest BCUT2D eigenvalue weighted by atomic mass is 10.3. The average molecular weight is 263 g/mol. The first-order valence-corrected chi connectivity index (χ1v) is 6.22. The summed E-state index contributed by atoms with van der Waals surface area (Å²) in [6, 6.07) is 17.4. The molecule has 0 unspecified atom stereocenters. The lowest BCUT2D eigenvalue weighted by Crippen LogP contribution is -1.99. The van der Waals surface area contributed by atoms with Crippen LogP contribution in [0, 0.1) is 0 Å². The third kappa shape index (κ3) is 3.08. The summed E-state index contributed by atoms with van der Waals surface area (Å²) in [5.74, 6) is 2.17. The van der Waals surface area contributed by atoms with Crippen molar-refractivity contribution in [3.05, 3.63) is 67.1 Å². The van der Waals surface area contributed by atoms with E-state index in [1.54, 1.807) is 6.20 Å². The molecule has 5 heteroatoms. The minimum atomic E-state index is 0.692. The molecule has 2 heterocycles. The monoisotopic (exact) mass is 263 g/mol. The van der Waals surface area contributed by atoms with Crippen LogP contribution >= 0.6 is 0 Å². The zero-order valence-electron chi connectivity index (χ0n) is 10.7. The van der Waals surface area contributed by atoms with Gasteiger partial charge in [0.05, 0.1) is 0 Å². The van der Waals surface area contributed by atoms with E-state index < -0.39 is 0 Å². The summed E-state index contributed by atoms with van der Waals surface area (Å²) in [6.07, 6.45) is 3.24. The Labute approximate surface area is 116 Å². The molecule has 0 aliphatic carbocycles. The third-order valence-corrected chi connectivity index (χ3v) is 2.63. The molecule has 0 radical (unpaired) electrons. The number of aromatic nitrogens is 3. The molecule has 0 aliphatic rings. The van der Waals surface area contributed by atoms with Crippen LogP contribution in [-0.2, 0) is 0 Å². The molecular formula is C15H13N5. The van der Waals surface area contributed by atoms with Gasteiger partial charge in [0, 0.05) is 18.0 Å². The zero-order valence-corrected chi connectivity index (χ0v) is 10.7. The summed E-state index contributed by atoms with van der Waals surface area (Å²) in [5.41, 5.74) is 0.981. The van der Waals surface area contributed by atoms with Crippen molar-refractivity contribution in [2.45, 2.75) is 0 Å². The highest BCUT2D eigenvalue weighted by atomic mass is 15.1. The van der Waals surface area contributed by atoms with Crippen LogP contribution in [0.25, 0.3) is 0 Å². The van der Waals surface area contributed by atoms with Gasteiger partial charge in [-0.1, -0.05) is 24.3 Å². The summed E-state index contributed by atoms with van der Waals surface area (Å²) in [6.45, 7) is 0. The Kier molecular flexibility index (Phi) is 3.51. The minimum Gasteiger partial charge on any atom is -0.340 e. The Balaban J connectivity index is 1.76. The quantitative estimate of drug-likeness (QED) is 0.755. The molecule has 0 saturated heterocycles. The molecule has 0 spiro atoms. The van der Waals surface area contributed by atoms with Gasteiger partial charge in [0.1, 0.15) is 23.8 Å². The Morgan fingerprint density at radius 2 is 1.40 bits per heavy atom. The van der Waals surface area contributed by atoms with Crippen LogP contribution in [0.3, 0.4) is 0 Å². The first-order chi connectivity index (χ1) is 9.90. The van der Waals surface area contributed by atoms with Gasteiger partial charge in [-0.2, -0.15) is 0 Å². The molecule has 3 aromatic rings. The largest absolute Gasteiger partial charge is 0.340 e. The molecule has 0 atom stereocenters. The van der Waals surface area contributed by atoms with Gasteiger partial charge in [0.25, 0.3) is 0 Å². The highest BCUT2D eigenvalue weighted by Crippen LogP contribution is 2.17. The fourth-order valence-electron chi connectivity index (χ4n) is 1.73. The van der Waals surface area contributed by atoms with Crippen molar-refractivity contribution in [2.75, 3.05) is 10.6 Å². The number of pyridine rings is 1. The average Bonchev–Trinajstić information content (AvgIpc) is 2.50. The SMILES string of the molecule is c1ccc(Nc2cc(Nc3ccccn3)ncn2)cc1. The molecular weight excluding hydrogens is 250 g/mol. The van der Waals surface area contributed by atoms with E-state index in [2.05, 4.69) is 25.6 Å². The van der Waals surface area contributed by atoms with Crippen LogP contribution in [0.2, 0.25) is 0 Å². The predicted molar refractivity (Wildman–Crippen MR) is 79.3 cm³/mol. The highest BCUT2D eigenvalue weighted by molar-refractivity contribution is 5.61. The number of hydrogen-bond acceptors (Lipinski definition) is 5. The fourth-order valence-corrected chi connectivity index (χ4v) is 1.73. The van der Waals surface area contributed by atoms with Crippen molar-refractivity contribution in [1.29, 1.82) is 0 Å². The molecule has 0 saturated carbocycles. The molecule has 3 rings (SSSR count). The van der Waals surface area contributed by atoms with Crippen LogP contribution in [0.5, 0.6) is 0 Å². The van der Waals surface area contributed by atoms with Crippen LogP contribution in [0.4, 0.5) is 23.1 Å². The normalized spacial score (nSPS) is 10.0. The molecule has 0 bridgehead atoms. The second-order valence-electron chi connectivity index (χ2n) is 4.12. The van der Waals surface area contributed by atoms with Gasteiger partial charge in [-0.25, -0.2) is 15.0 Å². The number of rotatable bonds is 4. The Morgan fingerprint density at radius 3 is 2.15 bits per heavy atom. The summed E-state index contributed by atoms with van der Waals surface area (Å²) >= 11 is 0. The molecule has 1 aromatic carbocycles. The fraction of sp³-hybridized carbons (Fsp3) is 0. The predicted octanol–water partition coefficient (Wildman–Crippen LogP) is 3.36. The Bertz CT molecular complexity index is 613. The van der Waals surface area contributed by atoms with E-state index in [-0.39, 0.29) is 0 Å². The van der Waals surface area contributed by atoms with Gasteiger partial charge < -0.3 is 10.6 Å². The first-order valence-electron chi connectivity index (χ1n) is 6.22. The lowest BCUT2D eigenvalue weighted by molar-refractivity contribution is 1.16. The summed E-state index contributed by atoms with van der Waals surface area (Å²) in [5, 5.41) is 6.35.